The second kappa shape index (κ2) is 4.77. The zero-order chi connectivity index (χ0) is 9.68. The van der Waals surface area contributed by atoms with Crippen molar-refractivity contribution in [3.05, 3.63) is 29.6 Å². The van der Waals surface area contributed by atoms with Crippen molar-refractivity contribution in [2.45, 2.75) is 6.61 Å². The summed E-state index contributed by atoms with van der Waals surface area (Å²) in [6, 6.07) is 4.19. The summed E-state index contributed by atoms with van der Waals surface area (Å²) in [4.78, 5) is 0. The molecular weight excluding hydrogens is 178 g/mol. The summed E-state index contributed by atoms with van der Waals surface area (Å²) in [5.74, 6) is -0.650. The summed E-state index contributed by atoms with van der Waals surface area (Å²) in [5, 5.41) is 8.80. The van der Waals surface area contributed by atoms with E-state index in [0.29, 0.717) is 5.56 Å². The molecule has 0 saturated heterocycles. The highest BCUT2D eigenvalue weighted by Crippen LogP contribution is 2.22. The van der Waals surface area contributed by atoms with Gasteiger partial charge in [0, 0.05) is 5.56 Å². The van der Waals surface area contributed by atoms with Gasteiger partial charge in [0.25, 0.3) is 0 Å². The second-order valence-electron chi connectivity index (χ2n) is 2.42. The minimum absolute atomic E-state index is 0.0670. The first-order valence-corrected chi connectivity index (χ1v) is 3.86. The molecule has 0 unspecified atom stereocenters. The predicted molar refractivity (Wildman–Crippen MR) is 43.8 cm³/mol. The number of hydrogen-bond acceptors (Lipinski definition) is 2. The van der Waals surface area contributed by atoms with Gasteiger partial charge in [0.15, 0.2) is 11.6 Å². The van der Waals surface area contributed by atoms with Crippen LogP contribution in [0.2, 0.25) is 0 Å². The predicted octanol–water partition coefficient (Wildman–Crippen LogP) is 1.67. The smallest absolute Gasteiger partial charge is 0.165 e. The molecule has 4 heteroatoms. The Hall–Kier alpha value is -1.16. The molecule has 0 saturated carbocycles. The van der Waals surface area contributed by atoms with Crippen molar-refractivity contribution in [3.63, 3.8) is 0 Å². The normalized spacial score (nSPS) is 10.1. The molecule has 0 fully saturated rings. The standard InChI is InChI=1S/C9H10F2O2/c10-4-5-13-9-7(6-12)2-1-3-8(9)11/h1-3,12H,4-6H2. The van der Waals surface area contributed by atoms with Crippen LogP contribution in [0.1, 0.15) is 5.56 Å². The van der Waals surface area contributed by atoms with Gasteiger partial charge in [-0.1, -0.05) is 12.1 Å². The lowest BCUT2D eigenvalue weighted by molar-refractivity contribution is 0.240. The highest BCUT2D eigenvalue weighted by molar-refractivity contribution is 5.34. The van der Waals surface area contributed by atoms with E-state index < -0.39 is 12.5 Å². The van der Waals surface area contributed by atoms with E-state index in [0.717, 1.165) is 0 Å². The molecule has 1 rings (SSSR count). The molecular formula is C9H10F2O2. The molecule has 0 radical (unpaired) electrons. The summed E-state index contributed by atoms with van der Waals surface area (Å²) in [5.41, 5.74) is 0.327. The summed E-state index contributed by atoms with van der Waals surface area (Å²) in [6.07, 6.45) is 0. The maximum atomic E-state index is 13.0. The van der Waals surface area contributed by atoms with E-state index in [4.69, 9.17) is 9.84 Å². The van der Waals surface area contributed by atoms with E-state index in [1.807, 2.05) is 0 Å². The van der Waals surface area contributed by atoms with Crippen LogP contribution in [0.3, 0.4) is 0 Å². The zero-order valence-electron chi connectivity index (χ0n) is 6.96. The average molecular weight is 188 g/mol. The molecule has 0 amide bonds. The fourth-order valence-corrected chi connectivity index (χ4v) is 0.980. The minimum atomic E-state index is -0.681. The number of rotatable bonds is 4. The van der Waals surface area contributed by atoms with Crippen LogP contribution < -0.4 is 4.74 Å². The molecule has 2 nitrogen and oxygen atoms in total. The number of para-hydroxylation sites is 1. The molecule has 0 aliphatic rings. The number of halogens is 2. The molecule has 0 heterocycles. The molecule has 1 aromatic carbocycles. The fraction of sp³-hybridized carbons (Fsp3) is 0.333. The van der Waals surface area contributed by atoms with Crippen LogP contribution in [-0.2, 0) is 6.61 Å². The van der Waals surface area contributed by atoms with E-state index in [1.54, 1.807) is 0 Å². The molecule has 0 atom stereocenters. The Kier molecular flexibility index (Phi) is 3.64. The zero-order valence-corrected chi connectivity index (χ0v) is 6.96. The van der Waals surface area contributed by atoms with Crippen LogP contribution in [0.15, 0.2) is 18.2 Å². The third kappa shape index (κ3) is 2.39. The summed E-state index contributed by atoms with van der Waals surface area (Å²) < 4.78 is 29.5. The Morgan fingerprint density at radius 3 is 2.77 bits per heavy atom. The Morgan fingerprint density at radius 1 is 1.38 bits per heavy atom. The van der Waals surface area contributed by atoms with E-state index >= 15 is 0 Å². The van der Waals surface area contributed by atoms with Crippen molar-refractivity contribution in [3.8, 4) is 5.75 Å². The lowest BCUT2D eigenvalue weighted by Gasteiger charge is -2.08. The van der Waals surface area contributed by atoms with Gasteiger partial charge in [0.2, 0.25) is 0 Å². The summed E-state index contributed by atoms with van der Waals surface area (Å²) >= 11 is 0. The number of alkyl halides is 1. The van der Waals surface area contributed by atoms with Gasteiger partial charge < -0.3 is 9.84 Å². The van der Waals surface area contributed by atoms with Crippen molar-refractivity contribution in [1.29, 1.82) is 0 Å². The quantitative estimate of drug-likeness (QED) is 0.778. The maximum Gasteiger partial charge on any atom is 0.165 e. The number of hydrogen-bond donors (Lipinski definition) is 1. The fourth-order valence-electron chi connectivity index (χ4n) is 0.980. The SMILES string of the molecule is OCc1cccc(F)c1OCCF. The van der Waals surface area contributed by atoms with Gasteiger partial charge in [0.1, 0.15) is 13.3 Å². The molecule has 0 aromatic heterocycles. The average Bonchev–Trinajstić information content (AvgIpc) is 2.15. The maximum absolute atomic E-state index is 13.0. The Labute approximate surface area is 74.8 Å². The third-order valence-corrected chi connectivity index (χ3v) is 1.54. The molecule has 1 aromatic rings. The Balaban J connectivity index is 2.87. The van der Waals surface area contributed by atoms with Gasteiger partial charge in [-0.25, -0.2) is 8.78 Å². The molecule has 13 heavy (non-hydrogen) atoms. The lowest BCUT2D eigenvalue weighted by atomic mass is 10.2. The topological polar surface area (TPSA) is 29.5 Å². The van der Waals surface area contributed by atoms with E-state index in [-0.39, 0.29) is 19.0 Å². The van der Waals surface area contributed by atoms with Crippen molar-refractivity contribution in [2.75, 3.05) is 13.3 Å². The molecule has 72 valence electrons. The second-order valence-corrected chi connectivity index (χ2v) is 2.42. The van der Waals surface area contributed by atoms with Crippen LogP contribution in [0.4, 0.5) is 8.78 Å². The van der Waals surface area contributed by atoms with Crippen LogP contribution in [0.25, 0.3) is 0 Å². The first-order chi connectivity index (χ1) is 6.29. The van der Waals surface area contributed by atoms with E-state index in [9.17, 15) is 8.78 Å². The Morgan fingerprint density at radius 2 is 2.15 bits per heavy atom. The van der Waals surface area contributed by atoms with E-state index in [1.165, 1.54) is 18.2 Å². The summed E-state index contributed by atoms with van der Waals surface area (Å²) in [6.45, 7) is -1.20. The van der Waals surface area contributed by atoms with Gasteiger partial charge >= 0.3 is 0 Å². The first-order valence-electron chi connectivity index (χ1n) is 3.86. The molecule has 0 spiro atoms. The Bertz CT molecular complexity index is 276. The van der Waals surface area contributed by atoms with Crippen LogP contribution in [-0.4, -0.2) is 18.4 Å². The molecule has 1 N–H and O–H groups in total. The highest BCUT2D eigenvalue weighted by atomic mass is 19.1. The first kappa shape index (κ1) is 9.92. The largest absolute Gasteiger partial charge is 0.487 e. The van der Waals surface area contributed by atoms with Crippen molar-refractivity contribution in [2.24, 2.45) is 0 Å². The molecule has 0 aliphatic carbocycles. The number of aliphatic hydroxyl groups is 1. The van der Waals surface area contributed by atoms with Gasteiger partial charge in [-0.15, -0.1) is 0 Å². The van der Waals surface area contributed by atoms with Gasteiger partial charge in [0.05, 0.1) is 6.61 Å². The molecule has 0 bridgehead atoms. The number of benzene rings is 1. The van der Waals surface area contributed by atoms with Crippen molar-refractivity contribution in [1.82, 2.24) is 0 Å². The monoisotopic (exact) mass is 188 g/mol. The van der Waals surface area contributed by atoms with Gasteiger partial charge in [-0.05, 0) is 6.07 Å². The third-order valence-electron chi connectivity index (χ3n) is 1.54. The van der Waals surface area contributed by atoms with Crippen LogP contribution in [0, 0.1) is 5.82 Å². The minimum Gasteiger partial charge on any atom is -0.487 e. The molecule has 0 aliphatic heterocycles. The van der Waals surface area contributed by atoms with Crippen LogP contribution in [0.5, 0.6) is 5.75 Å². The van der Waals surface area contributed by atoms with Gasteiger partial charge in [-0.2, -0.15) is 0 Å². The number of aliphatic hydroxyl groups excluding tert-OH is 1. The van der Waals surface area contributed by atoms with Crippen molar-refractivity contribution >= 4 is 0 Å². The van der Waals surface area contributed by atoms with Crippen molar-refractivity contribution < 1.29 is 18.6 Å². The highest BCUT2D eigenvalue weighted by Gasteiger charge is 2.08. The number of ether oxygens (including phenoxy) is 1. The van der Waals surface area contributed by atoms with Gasteiger partial charge in [-0.3, -0.25) is 0 Å². The summed E-state index contributed by atoms with van der Waals surface area (Å²) in [7, 11) is 0. The lowest BCUT2D eigenvalue weighted by Crippen LogP contribution is -2.03. The van der Waals surface area contributed by atoms with Crippen LogP contribution >= 0.6 is 0 Å². The van der Waals surface area contributed by atoms with E-state index in [2.05, 4.69) is 0 Å².